The minimum Gasteiger partial charge on any atom is -0.394 e. The van der Waals surface area contributed by atoms with Gasteiger partial charge in [-0.05, 0) is 17.5 Å². The van der Waals surface area contributed by atoms with Crippen molar-refractivity contribution >= 4 is 11.7 Å². The van der Waals surface area contributed by atoms with Crippen LogP contribution in [0.1, 0.15) is 46.5 Å². The lowest BCUT2D eigenvalue weighted by molar-refractivity contribution is -0.0459. The van der Waals surface area contributed by atoms with Crippen LogP contribution in [0.15, 0.2) is 71.7 Å². The number of hydrogen-bond donors (Lipinski definition) is 4. The van der Waals surface area contributed by atoms with E-state index in [2.05, 4.69) is 34.6 Å². The van der Waals surface area contributed by atoms with Crippen LogP contribution in [0.2, 0.25) is 0 Å². The fourth-order valence-corrected chi connectivity index (χ4v) is 4.23. The minimum absolute atomic E-state index is 0.0427. The zero-order valence-electron chi connectivity index (χ0n) is 18.6. The number of amides is 1. The normalized spacial score (nSPS) is 19.9. The number of carbonyl (C=O) groups excluding carboxylic acids is 1. The third-order valence-electron chi connectivity index (χ3n) is 6.04. The molecular formula is C25H28N4O5. The quantitative estimate of drug-likeness (QED) is 0.395. The third kappa shape index (κ3) is 5.17. The lowest BCUT2D eigenvalue weighted by Crippen LogP contribution is -2.33. The smallest absolute Gasteiger partial charge is 0.351 e. The predicted molar refractivity (Wildman–Crippen MR) is 126 cm³/mol. The maximum atomic E-state index is 12.9. The number of rotatable bonds is 8. The number of aromatic nitrogens is 2. The van der Waals surface area contributed by atoms with Crippen LogP contribution >= 0.6 is 0 Å². The highest BCUT2D eigenvalue weighted by Gasteiger charge is 2.35. The van der Waals surface area contributed by atoms with E-state index in [1.165, 1.54) is 6.20 Å². The maximum absolute atomic E-state index is 12.9. The topological polar surface area (TPSA) is 140 Å². The van der Waals surface area contributed by atoms with Crippen LogP contribution in [0.3, 0.4) is 0 Å². The summed E-state index contributed by atoms with van der Waals surface area (Å²) in [5, 5.41) is 22.1. The van der Waals surface area contributed by atoms with E-state index < -0.39 is 30.0 Å². The van der Waals surface area contributed by atoms with Crippen molar-refractivity contribution in [2.75, 3.05) is 18.9 Å². The Morgan fingerprint density at radius 3 is 2.32 bits per heavy atom. The Labute approximate surface area is 196 Å². The van der Waals surface area contributed by atoms with Crippen molar-refractivity contribution in [3.05, 3.63) is 94.0 Å². The number of anilines is 1. The number of carbonyl (C=O) groups is 1. The summed E-state index contributed by atoms with van der Waals surface area (Å²) in [5.74, 6) is -0.550. The summed E-state index contributed by atoms with van der Waals surface area (Å²) in [6, 6.07) is 20.1. The molecule has 1 amide bonds. The first-order valence-corrected chi connectivity index (χ1v) is 11.2. The first kappa shape index (κ1) is 23.6. The molecule has 9 nitrogen and oxygen atoms in total. The second-order valence-corrected chi connectivity index (χ2v) is 8.26. The van der Waals surface area contributed by atoms with Crippen molar-refractivity contribution in [1.82, 2.24) is 14.9 Å². The number of nitrogens with two attached hydrogens (primary N) is 1. The molecule has 2 heterocycles. The van der Waals surface area contributed by atoms with E-state index in [4.69, 9.17) is 10.5 Å². The van der Waals surface area contributed by atoms with Gasteiger partial charge in [-0.25, -0.2) is 4.79 Å². The van der Waals surface area contributed by atoms with Gasteiger partial charge in [0.2, 0.25) is 0 Å². The molecule has 4 rings (SSSR count). The summed E-state index contributed by atoms with van der Waals surface area (Å²) in [5.41, 5.74) is 7.51. The van der Waals surface area contributed by atoms with Gasteiger partial charge in [-0.15, -0.1) is 0 Å². The van der Waals surface area contributed by atoms with Crippen LogP contribution in [0.4, 0.5) is 5.82 Å². The molecule has 1 saturated heterocycles. The van der Waals surface area contributed by atoms with E-state index in [9.17, 15) is 19.8 Å². The number of ether oxygens (including phenoxy) is 1. The Morgan fingerprint density at radius 1 is 1.15 bits per heavy atom. The molecule has 178 valence electrons. The molecule has 0 bridgehead atoms. The highest BCUT2D eigenvalue weighted by molar-refractivity contribution is 5.97. The van der Waals surface area contributed by atoms with E-state index in [1.807, 2.05) is 36.4 Å². The van der Waals surface area contributed by atoms with Gasteiger partial charge in [0.15, 0.2) is 0 Å². The molecule has 0 aliphatic carbocycles. The number of nitrogens with zero attached hydrogens (tertiary/aromatic N) is 2. The zero-order chi connectivity index (χ0) is 24.1. The Morgan fingerprint density at radius 2 is 1.76 bits per heavy atom. The Hall–Kier alpha value is -3.53. The average Bonchev–Trinajstić information content (AvgIpc) is 3.23. The van der Waals surface area contributed by atoms with Crippen molar-refractivity contribution in [1.29, 1.82) is 0 Å². The van der Waals surface area contributed by atoms with Gasteiger partial charge in [0.25, 0.3) is 5.91 Å². The van der Waals surface area contributed by atoms with Crippen LogP contribution in [-0.4, -0.2) is 51.0 Å². The van der Waals surface area contributed by atoms with Gasteiger partial charge in [0, 0.05) is 25.1 Å². The van der Waals surface area contributed by atoms with E-state index in [0.717, 1.165) is 15.7 Å². The largest absolute Gasteiger partial charge is 0.394 e. The summed E-state index contributed by atoms with van der Waals surface area (Å²) in [7, 11) is 0. The number of nitrogen functional groups attached to an aromatic ring is 1. The van der Waals surface area contributed by atoms with E-state index >= 15 is 0 Å². The van der Waals surface area contributed by atoms with Gasteiger partial charge in [0.1, 0.15) is 18.1 Å². The molecule has 34 heavy (non-hydrogen) atoms. The Bertz CT molecular complexity index is 1130. The molecule has 1 fully saturated rings. The number of aliphatic hydroxyl groups excluding tert-OH is 2. The van der Waals surface area contributed by atoms with E-state index in [-0.39, 0.29) is 30.3 Å². The Kier molecular flexibility index (Phi) is 7.36. The fraction of sp³-hybridized carbons (Fsp3) is 0.320. The van der Waals surface area contributed by atoms with Crippen LogP contribution in [0, 0.1) is 0 Å². The Balaban J connectivity index is 1.48. The molecular weight excluding hydrogens is 436 g/mol. The summed E-state index contributed by atoms with van der Waals surface area (Å²) in [4.78, 5) is 29.0. The monoisotopic (exact) mass is 464 g/mol. The van der Waals surface area contributed by atoms with E-state index in [1.54, 1.807) is 0 Å². The zero-order valence-corrected chi connectivity index (χ0v) is 18.6. The molecule has 9 heteroatoms. The summed E-state index contributed by atoms with van der Waals surface area (Å²) < 4.78 is 6.65. The first-order chi connectivity index (χ1) is 16.5. The van der Waals surface area contributed by atoms with Crippen LogP contribution in [0.25, 0.3) is 0 Å². The summed E-state index contributed by atoms with van der Waals surface area (Å²) in [6.45, 7) is -0.0107. The molecule has 3 aromatic rings. The van der Waals surface area contributed by atoms with E-state index in [0.29, 0.717) is 13.0 Å². The molecule has 0 radical (unpaired) electrons. The lowest BCUT2D eigenvalue weighted by atomic mass is 9.88. The van der Waals surface area contributed by atoms with Gasteiger partial charge in [-0.2, -0.15) is 4.98 Å². The van der Waals surface area contributed by atoms with Crippen LogP contribution < -0.4 is 16.7 Å². The maximum Gasteiger partial charge on any atom is 0.351 e. The second-order valence-electron chi connectivity index (χ2n) is 8.26. The first-order valence-electron chi connectivity index (χ1n) is 11.2. The molecule has 5 N–H and O–H groups in total. The van der Waals surface area contributed by atoms with Gasteiger partial charge in [0.05, 0.1) is 18.3 Å². The van der Waals surface area contributed by atoms with Crippen molar-refractivity contribution < 1.29 is 19.7 Å². The van der Waals surface area contributed by atoms with Crippen molar-refractivity contribution in [2.45, 2.75) is 37.2 Å². The third-order valence-corrected chi connectivity index (χ3v) is 6.04. The van der Waals surface area contributed by atoms with Crippen LogP contribution in [0.5, 0.6) is 0 Å². The predicted octanol–water partition coefficient (Wildman–Crippen LogP) is 1.42. The number of hydrogen-bond acceptors (Lipinski definition) is 7. The fourth-order valence-electron chi connectivity index (χ4n) is 4.23. The molecule has 0 unspecified atom stereocenters. The number of aliphatic hydroxyl groups is 2. The summed E-state index contributed by atoms with van der Waals surface area (Å²) >= 11 is 0. The highest BCUT2D eigenvalue weighted by Crippen LogP contribution is 2.29. The molecule has 1 aromatic heterocycles. The molecule has 0 saturated carbocycles. The molecule has 2 aromatic carbocycles. The summed E-state index contributed by atoms with van der Waals surface area (Å²) in [6.07, 6.45) is -0.538. The van der Waals surface area contributed by atoms with Gasteiger partial charge in [-0.1, -0.05) is 60.7 Å². The van der Waals surface area contributed by atoms with Crippen molar-refractivity contribution in [2.24, 2.45) is 0 Å². The molecule has 3 atom stereocenters. The number of benzene rings is 2. The minimum atomic E-state index is -0.926. The molecule has 1 aliphatic rings. The van der Waals surface area contributed by atoms with Crippen LogP contribution in [-0.2, 0) is 4.74 Å². The molecule has 0 spiro atoms. The SMILES string of the molecule is Nc1nc(=O)n([C@H]2C[C@H](O)[C@@H](CO)O2)cc1C(=O)NCCC(c1ccccc1)c1ccccc1. The van der Waals surface area contributed by atoms with Gasteiger partial charge >= 0.3 is 5.69 Å². The number of nitrogens with one attached hydrogen (secondary N) is 1. The average molecular weight is 465 g/mol. The highest BCUT2D eigenvalue weighted by atomic mass is 16.5. The molecule has 1 aliphatic heterocycles. The van der Waals surface area contributed by atoms with Crippen molar-refractivity contribution in [3.8, 4) is 0 Å². The van der Waals surface area contributed by atoms with Gasteiger partial charge < -0.3 is 26.0 Å². The standard InChI is InChI=1S/C25H28N4O5/c26-23-19(14-29(25(33)28-23)22-13-20(31)21(15-30)34-22)24(32)27-12-11-18(16-7-3-1-4-8-16)17-9-5-2-6-10-17/h1-10,14,18,20-22,30-31H,11-13,15H2,(H,27,32)(H2,26,28,33)/t20-,21+,22+/m0/s1. The van der Waals surface area contributed by atoms with Crippen molar-refractivity contribution in [3.63, 3.8) is 0 Å². The second kappa shape index (κ2) is 10.6. The lowest BCUT2D eigenvalue weighted by Gasteiger charge is -2.19. The van der Waals surface area contributed by atoms with Gasteiger partial charge in [-0.3, -0.25) is 9.36 Å².